The van der Waals surface area contributed by atoms with Gasteiger partial charge in [0.2, 0.25) is 0 Å². The van der Waals surface area contributed by atoms with Gasteiger partial charge in [-0.2, -0.15) is 0 Å². The van der Waals surface area contributed by atoms with Crippen LogP contribution in [0.1, 0.15) is 5.56 Å². The Morgan fingerprint density at radius 1 is 1.61 bits per heavy atom. The first kappa shape index (κ1) is 12.2. The van der Waals surface area contributed by atoms with Crippen molar-refractivity contribution >= 4 is 11.8 Å². The van der Waals surface area contributed by atoms with E-state index >= 15 is 0 Å². The lowest BCUT2D eigenvalue weighted by atomic mass is 10.2. The molecule has 0 radical (unpaired) electrons. The summed E-state index contributed by atoms with van der Waals surface area (Å²) in [5.41, 5.74) is 9.29. The van der Waals surface area contributed by atoms with Gasteiger partial charge in [-0.15, -0.1) is 0 Å². The third-order valence-electron chi connectivity index (χ3n) is 2.60. The molecule has 0 aromatic heterocycles. The van der Waals surface area contributed by atoms with E-state index in [2.05, 4.69) is 10.0 Å². The van der Waals surface area contributed by atoms with Crippen molar-refractivity contribution < 1.29 is 13.9 Å². The van der Waals surface area contributed by atoms with Crippen LogP contribution < -0.4 is 4.90 Å². The molecule has 0 bridgehead atoms. The van der Waals surface area contributed by atoms with Crippen LogP contribution in [0.3, 0.4) is 0 Å². The van der Waals surface area contributed by atoms with Crippen molar-refractivity contribution in [3.63, 3.8) is 0 Å². The molecule has 0 aliphatic carbocycles. The molecule has 0 spiro atoms. The minimum Gasteiger partial charge on any atom is -0.444 e. The summed E-state index contributed by atoms with van der Waals surface area (Å²) in [6.45, 7) is -0.186. The van der Waals surface area contributed by atoms with Gasteiger partial charge in [0.05, 0.1) is 13.1 Å². The minimum absolute atomic E-state index is 0.0988. The number of azide groups is 1. The molecule has 1 aromatic rings. The highest BCUT2D eigenvalue weighted by Gasteiger charge is 2.31. The number of alkyl halides is 1. The number of anilines is 1. The molecular formula is C11H11FN4O2. The summed E-state index contributed by atoms with van der Waals surface area (Å²) in [6, 6.07) is 6.62. The zero-order chi connectivity index (χ0) is 13.0. The number of amides is 1. The van der Waals surface area contributed by atoms with E-state index in [9.17, 15) is 9.18 Å². The number of hydrogen-bond donors (Lipinski definition) is 0. The smallest absolute Gasteiger partial charge is 0.414 e. The highest BCUT2D eigenvalue weighted by Crippen LogP contribution is 2.23. The third kappa shape index (κ3) is 2.52. The average Bonchev–Trinajstić information content (AvgIpc) is 2.77. The van der Waals surface area contributed by atoms with Crippen molar-refractivity contribution in [1.82, 2.24) is 0 Å². The molecule has 1 aliphatic rings. The van der Waals surface area contributed by atoms with E-state index in [0.717, 1.165) is 0 Å². The van der Waals surface area contributed by atoms with Crippen LogP contribution in [0, 0.1) is 0 Å². The fourth-order valence-corrected chi connectivity index (χ4v) is 1.76. The van der Waals surface area contributed by atoms with Crippen LogP contribution in [0.4, 0.5) is 14.9 Å². The normalized spacial score (nSPS) is 18.4. The molecule has 2 rings (SSSR count). The lowest BCUT2D eigenvalue weighted by Gasteiger charge is -2.13. The van der Waals surface area contributed by atoms with E-state index in [0.29, 0.717) is 17.8 Å². The van der Waals surface area contributed by atoms with E-state index in [1.165, 1.54) is 4.90 Å². The minimum atomic E-state index is -0.584. The van der Waals surface area contributed by atoms with Crippen molar-refractivity contribution in [2.45, 2.75) is 12.8 Å². The summed E-state index contributed by atoms with van der Waals surface area (Å²) in [7, 11) is 0. The number of benzene rings is 1. The number of carbonyl (C=O) groups is 1. The Morgan fingerprint density at radius 2 is 2.44 bits per heavy atom. The monoisotopic (exact) mass is 250 g/mol. The maximum Gasteiger partial charge on any atom is 0.414 e. The van der Waals surface area contributed by atoms with E-state index in [-0.39, 0.29) is 6.54 Å². The molecule has 94 valence electrons. The maximum atomic E-state index is 12.5. The number of hydrogen-bond acceptors (Lipinski definition) is 3. The zero-order valence-corrected chi connectivity index (χ0v) is 9.49. The summed E-state index contributed by atoms with van der Waals surface area (Å²) in [5.74, 6) is 0. The first-order valence-corrected chi connectivity index (χ1v) is 5.38. The van der Waals surface area contributed by atoms with Gasteiger partial charge in [0.1, 0.15) is 12.8 Å². The second-order valence-electron chi connectivity index (χ2n) is 3.83. The Bertz CT molecular complexity index is 502. The SMILES string of the molecule is [N-]=[N+]=NC[C@H]1CN(c2cccc(CF)c2)C(=O)O1. The van der Waals surface area contributed by atoms with Crippen LogP contribution in [0.25, 0.3) is 10.4 Å². The van der Waals surface area contributed by atoms with Gasteiger partial charge in [0.15, 0.2) is 0 Å². The van der Waals surface area contributed by atoms with Gasteiger partial charge in [-0.1, -0.05) is 17.2 Å². The van der Waals surface area contributed by atoms with Gasteiger partial charge in [-0.25, -0.2) is 9.18 Å². The van der Waals surface area contributed by atoms with Crippen LogP contribution in [0.2, 0.25) is 0 Å². The fourth-order valence-electron chi connectivity index (χ4n) is 1.76. The van der Waals surface area contributed by atoms with E-state index in [1.54, 1.807) is 24.3 Å². The van der Waals surface area contributed by atoms with Crippen LogP contribution in [0.15, 0.2) is 29.4 Å². The highest BCUT2D eigenvalue weighted by atomic mass is 19.1. The average molecular weight is 250 g/mol. The molecular weight excluding hydrogens is 239 g/mol. The second kappa shape index (κ2) is 5.37. The molecule has 1 saturated heterocycles. The number of halogens is 1. The molecule has 0 saturated carbocycles. The second-order valence-corrected chi connectivity index (χ2v) is 3.83. The first-order valence-electron chi connectivity index (χ1n) is 5.38. The fraction of sp³-hybridized carbons (Fsp3) is 0.364. The Balaban J connectivity index is 2.13. The lowest BCUT2D eigenvalue weighted by molar-refractivity contribution is 0.145. The summed E-state index contributed by atoms with van der Waals surface area (Å²) in [4.78, 5) is 15.6. The highest BCUT2D eigenvalue weighted by molar-refractivity contribution is 5.89. The predicted octanol–water partition coefficient (Wildman–Crippen LogP) is 2.79. The molecule has 0 unspecified atom stereocenters. The van der Waals surface area contributed by atoms with E-state index in [1.807, 2.05) is 0 Å². The van der Waals surface area contributed by atoms with Gasteiger partial charge in [0.25, 0.3) is 0 Å². The Labute approximate surface area is 103 Å². The van der Waals surface area contributed by atoms with E-state index in [4.69, 9.17) is 10.3 Å². The van der Waals surface area contributed by atoms with Gasteiger partial charge >= 0.3 is 6.09 Å². The van der Waals surface area contributed by atoms with Crippen LogP contribution in [-0.4, -0.2) is 25.3 Å². The number of carbonyl (C=O) groups excluding carboxylic acids is 1. The molecule has 1 fully saturated rings. The Morgan fingerprint density at radius 3 is 3.17 bits per heavy atom. The molecule has 1 aromatic carbocycles. The number of nitrogens with zero attached hydrogens (tertiary/aromatic N) is 4. The van der Waals surface area contributed by atoms with Gasteiger partial charge in [0, 0.05) is 10.6 Å². The molecule has 18 heavy (non-hydrogen) atoms. The largest absolute Gasteiger partial charge is 0.444 e. The number of cyclic esters (lactones) is 1. The predicted molar refractivity (Wildman–Crippen MR) is 62.9 cm³/mol. The first-order chi connectivity index (χ1) is 8.74. The van der Waals surface area contributed by atoms with Crippen molar-refractivity contribution in [2.24, 2.45) is 5.11 Å². The summed E-state index contributed by atoms with van der Waals surface area (Å²) in [6.07, 6.45) is -0.966. The van der Waals surface area contributed by atoms with Crippen molar-refractivity contribution in [2.75, 3.05) is 18.0 Å². The van der Waals surface area contributed by atoms with E-state index < -0.39 is 18.9 Å². The number of ether oxygens (including phenoxy) is 1. The van der Waals surface area contributed by atoms with Crippen molar-refractivity contribution in [3.8, 4) is 0 Å². The Hall–Kier alpha value is -2.27. The molecule has 1 aliphatic heterocycles. The van der Waals surface area contributed by atoms with Crippen LogP contribution in [0.5, 0.6) is 0 Å². The molecule has 7 heteroatoms. The summed E-state index contributed by atoms with van der Waals surface area (Å²) >= 11 is 0. The summed E-state index contributed by atoms with van der Waals surface area (Å²) in [5, 5.41) is 3.37. The van der Waals surface area contributed by atoms with Gasteiger partial charge in [-0.3, -0.25) is 4.90 Å². The van der Waals surface area contributed by atoms with Crippen LogP contribution in [-0.2, 0) is 11.4 Å². The molecule has 1 heterocycles. The van der Waals surface area contributed by atoms with Gasteiger partial charge < -0.3 is 4.74 Å². The van der Waals surface area contributed by atoms with Gasteiger partial charge in [-0.05, 0) is 23.2 Å². The maximum absolute atomic E-state index is 12.5. The van der Waals surface area contributed by atoms with Crippen molar-refractivity contribution in [3.05, 3.63) is 40.3 Å². The summed E-state index contributed by atoms with van der Waals surface area (Å²) < 4.78 is 17.6. The standard InChI is InChI=1S/C11H11FN4O2/c12-5-8-2-1-3-9(4-8)16-7-10(6-14-15-13)18-11(16)17/h1-4,10H,5-7H2/t10-/m0/s1. The molecule has 1 atom stereocenters. The quantitative estimate of drug-likeness (QED) is 0.468. The lowest BCUT2D eigenvalue weighted by Crippen LogP contribution is -2.25. The molecule has 6 nitrogen and oxygen atoms in total. The van der Waals surface area contributed by atoms with Crippen molar-refractivity contribution in [1.29, 1.82) is 0 Å². The van der Waals surface area contributed by atoms with Crippen LogP contribution >= 0.6 is 0 Å². The third-order valence-corrected chi connectivity index (χ3v) is 2.60. The Kier molecular flexibility index (Phi) is 3.64. The zero-order valence-electron chi connectivity index (χ0n) is 9.49. The molecule has 0 N–H and O–H groups in total. The topological polar surface area (TPSA) is 78.3 Å². The number of rotatable bonds is 4. The molecule has 1 amide bonds.